The minimum Gasteiger partial charge on any atom is -0.212 e. The summed E-state index contributed by atoms with van der Waals surface area (Å²) in [6.07, 6.45) is 1.99. The molecular formula is C7H14BrNO2S. The smallest absolute Gasteiger partial charge is 0.212 e. The Kier molecular flexibility index (Phi) is 3.55. The molecule has 0 amide bonds. The van der Waals surface area contributed by atoms with Crippen LogP contribution in [0.1, 0.15) is 19.8 Å². The van der Waals surface area contributed by atoms with Gasteiger partial charge >= 0.3 is 0 Å². The molecular weight excluding hydrogens is 242 g/mol. The van der Waals surface area contributed by atoms with E-state index in [-0.39, 0.29) is 11.8 Å². The van der Waals surface area contributed by atoms with Crippen molar-refractivity contribution >= 4 is 26.0 Å². The van der Waals surface area contributed by atoms with Crippen LogP contribution >= 0.6 is 15.9 Å². The van der Waals surface area contributed by atoms with E-state index in [2.05, 4.69) is 15.9 Å². The Hall–Kier alpha value is 0.390. The highest BCUT2D eigenvalue weighted by Gasteiger charge is 2.31. The molecule has 1 saturated heterocycles. The van der Waals surface area contributed by atoms with Crippen molar-refractivity contribution in [2.24, 2.45) is 0 Å². The van der Waals surface area contributed by atoms with Gasteiger partial charge in [-0.15, -0.1) is 0 Å². The summed E-state index contributed by atoms with van der Waals surface area (Å²) in [4.78, 5) is 0. The fraction of sp³-hybridized carbons (Fsp3) is 1.00. The molecule has 0 aliphatic carbocycles. The van der Waals surface area contributed by atoms with Gasteiger partial charge in [0.15, 0.2) is 0 Å². The lowest BCUT2D eigenvalue weighted by Gasteiger charge is -2.21. The van der Waals surface area contributed by atoms with Crippen molar-refractivity contribution in [3.8, 4) is 0 Å². The van der Waals surface area contributed by atoms with Crippen molar-refractivity contribution in [2.75, 3.05) is 17.6 Å². The Bertz CT molecular complexity index is 240. The molecule has 0 saturated carbocycles. The second-order valence-electron chi connectivity index (χ2n) is 2.96. The molecule has 0 N–H and O–H groups in total. The first-order valence-corrected chi connectivity index (χ1v) is 6.90. The highest BCUT2D eigenvalue weighted by atomic mass is 79.9. The van der Waals surface area contributed by atoms with Gasteiger partial charge in [0.2, 0.25) is 10.0 Å². The standard InChI is InChI=1S/C7H14BrNO2S/c1-2-12(10,11)9-5-3-4-7(9)6-8/h7H,2-6H2,1H3. The average molecular weight is 256 g/mol. The summed E-state index contributed by atoms with van der Waals surface area (Å²) in [6, 6.07) is 0.190. The number of halogens is 1. The zero-order valence-corrected chi connectivity index (χ0v) is 9.57. The normalized spacial score (nSPS) is 26.3. The number of alkyl halides is 1. The van der Waals surface area contributed by atoms with E-state index in [4.69, 9.17) is 0 Å². The molecule has 12 heavy (non-hydrogen) atoms. The van der Waals surface area contributed by atoms with Gasteiger partial charge in [0.25, 0.3) is 0 Å². The van der Waals surface area contributed by atoms with Gasteiger partial charge in [0.1, 0.15) is 0 Å². The van der Waals surface area contributed by atoms with Gasteiger partial charge in [-0.3, -0.25) is 0 Å². The fourth-order valence-corrected chi connectivity index (χ4v) is 3.73. The van der Waals surface area contributed by atoms with Crippen molar-refractivity contribution in [3.05, 3.63) is 0 Å². The first-order chi connectivity index (χ1) is 5.61. The van der Waals surface area contributed by atoms with E-state index in [0.29, 0.717) is 6.54 Å². The maximum atomic E-state index is 11.5. The minimum atomic E-state index is -2.96. The summed E-state index contributed by atoms with van der Waals surface area (Å²) in [5.74, 6) is 0.219. The molecule has 1 unspecified atom stereocenters. The van der Waals surface area contributed by atoms with Crippen molar-refractivity contribution in [1.82, 2.24) is 4.31 Å². The molecule has 0 spiro atoms. The monoisotopic (exact) mass is 255 g/mol. The van der Waals surface area contributed by atoms with E-state index in [0.717, 1.165) is 18.2 Å². The van der Waals surface area contributed by atoms with E-state index in [1.807, 2.05) is 0 Å². The lowest BCUT2D eigenvalue weighted by atomic mass is 10.3. The Morgan fingerprint density at radius 3 is 2.75 bits per heavy atom. The van der Waals surface area contributed by atoms with Gasteiger partial charge in [-0.25, -0.2) is 8.42 Å². The highest BCUT2D eigenvalue weighted by Crippen LogP contribution is 2.22. The van der Waals surface area contributed by atoms with Gasteiger partial charge in [-0.05, 0) is 19.8 Å². The average Bonchev–Trinajstić information content (AvgIpc) is 2.52. The summed E-state index contributed by atoms with van der Waals surface area (Å²) >= 11 is 3.33. The quantitative estimate of drug-likeness (QED) is 0.711. The summed E-state index contributed by atoms with van der Waals surface area (Å²) in [6.45, 7) is 2.39. The minimum absolute atomic E-state index is 0.190. The molecule has 0 aromatic rings. The van der Waals surface area contributed by atoms with Gasteiger partial charge < -0.3 is 0 Å². The largest absolute Gasteiger partial charge is 0.214 e. The Morgan fingerprint density at radius 1 is 1.58 bits per heavy atom. The summed E-state index contributed by atoms with van der Waals surface area (Å²) in [5.41, 5.74) is 0. The third kappa shape index (κ3) is 2.00. The van der Waals surface area contributed by atoms with Gasteiger partial charge in [-0.1, -0.05) is 15.9 Å². The van der Waals surface area contributed by atoms with Crippen LogP contribution in [0.25, 0.3) is 0 Å². The summed E-state index contributed by atoms with van der Waals surface area (Å²) in [5, 5.41) is 0.756. The van der Waals surface area contributed by atoms with Gasteiger partial charge in [0, 0.05) is 17.9 Å². The Balaban J connectivity index is 2.74. The second-order valence-corrected chi connectivity index (χ2v) is 5.82. The maximum Gasteiger partial charge on any atom is 0.214 e. The van der Waals surface area contributed by atoms with Crippen LogP contribution < -0.4 is 0 Å². The van der Waals surface area contributed by atoms with E-state index >= 15 is 0 Å². The van der Waals surface area contributed by atoms with Crippen molar-refractivity contribution in [2.45, 2.75) is 25.8 Å². The first kappa shape index (κ1) is 10.5. The molecule has 0 aromatic carbocycles. The van der Waals surface area contributed by atoms with E-state index in [1.54, 1.807) is 11.2 Å². The van der Waals surface area contributed by atoms with Crippen LogP contribution in [-0.4, -0.2) is 36.4 Å². The second kappa shape index (κ2) is 4.07. The van der Waals surface area contributed by atoms with E-state index < -0.39 is 10.0 Å². The van der Waals surface area contributed by atoms with Crippen LogP contribution in [0.3, 0.4) is 0 Å². The number of hydrogen-bond donors (Lipinski definition) is 0. The van der Waals surface area contributed by atoms with Crippen molar-refractivity contribution in [1.29, 1.82) is 0 Å². The number of sulfonamides is 1. The molecule has 0 radical (unpaired) electrons. The molecule has 1 atom stereocenters. The molecule has 1 heterocycles. The first-order valence-electron chi connectivity index (χ1n) is 4.17. The lowest BCUT2D eigenvalue weighted by molar-refractivity contribution is 0.414. The van der Waals surface area contributed by atoms with Crippen molar-refractivity contribution in [3.63, 3.8) is 0 Å². The molecule has 1 fully saturated rings. The SMILES string of the molecule is CCS(=O)(=O)N1CCCC1CBr. The molecule has 5 heteroatoms. The summed E-state index contributed by atoms with van der Waals surface area (Å²) < 4.78 is 24.6. The molecule has 0 bridgehead atoms. The molecule has 72 valence electrons. The van der Waals surface area contributed by atoms with Gasteiger partial charge in [0.05, 0.1) is 5.75 Å². The maximum absolute atomic E-state index is 11.5. The van der Waals surface area contributed by atoms with E-state index in [1.165, 1.54) is 0 Å². The van der Waals surface area contributed by atoms with Crippen LogP contribution in [-0.2, 0) is 10.0 Å². The number of hydrogen-bond acceptors (Lipinski definition) is 2. The summed E-state index contributed by atoms with van der Waals surface area (Å²) in [7, 11) is -2.96. The highest BCUT2D eigenvalue weighted by molar-refractivity contribution is 9.09. The molecule has 1 aliphatic rings. The van der Waals surface area contributed by atoms with Gasteiger partial charge in [-0.2, -0.15) is 4.31 Å². The Morgan fingerprint density at radius 2 is 2.25 bits per heavy atom. The lowest BCUT2D eigenvalue weighted by Crippen LogP contribution is -2.37. The molecule has 3 nitrogen and oxygen atoms in total. The van der Waals surface area contributed by atoms with Crippen molar-refractivity contribution < 1.29 is 8.42 Å². The topological polar surface area (TPSA) is 37.4 Å². The third-order valence-electron chi connectivity index (χ3n) is 2.22. The third-order valence-corrected chi connectivity index (χ3v) is 4.90. The van der Waals surface area contributed by atoms with Crippen LogP contribution in [0.4, 0.5) is 0 Å². The van der Waals surface area contributed by atoms with Crippen LogP contribution in [0.2, 0.25) is 0 Å². The predicted octanol–water partition coefficient (Wildman–Crippen LogP) is 1.20. The zero-order chi connectivity index (χ0) is 9.19. The zero-order valence-electron chi connectivity index (χ0n) is 7.16. The number of rotatable bonds is 3. The number of nitrogens with zero attached hydrogens (tertiary/aromatic N) is 1. The van der Waals surface area contributed by atoms with Crippen LogP contribution in [0, 0.1) is 0 Å². The molecule has 0 aromatic heterocycles. The molecule has 1 aliphatic heterocycles. The fourth-order valence-electron chi connectivity index (χ4n) is 1.50. The molecule has 1 rings (SSSR count). The predicted molar refractivity (Wildman–Crippen MR) is 53.0 cm³/mol. The Labute approximate surface area is 82.3 Å². The van der Waals surface area contributed by atoms with E-state index in [9.17, 15) is 8.42 Å². The van der Waals surface area contributed by atoms with Crippen LogP contribution in [0.15, 0.2) is 0 Å². The van der Waals surface area contributed by atoms with Crippen LogP contribution in [0.5, 0.6) is 0 Å².